The summed E-state index contributed by atoms with van der Waals surface area (Å²) in [4.78, 5) is 0. The maximum atomic E-state index is 5.38. The van der Waals surface area contributed by atoms with Crippen LogP contribution in [-0.4, -0.2) is 0 Å². The Morgan fingerprint density at radius 3 is 2.54 bits per heavy atom. The van der Waals surface area contributed by atoms with E-state index in [-0.39, 0.29) is 5.41 Å². The van der Waals surface area contributed by atoms with E-state index in [0.717, 1.165) is 5.76 Å². The Morgan fingerprint density at radius 1 is 1.38 bits per heavy atom. The zero-order valence-electron chi connectivity index (χ0n) is 8.87. The summed E-state index contributed by atoms with van der Waals surface area (Å²) in [6.45, 7) is 8.67. The fourth-order valence-corrected chi connectivity index (χ4v) is 1.16. The van der Waals surface area contributed by atoms with Gasteiger partial charge in [-0.1, -0.05) is 26.0 Å². The predicted molar refractivity (Wildman–Crippen MR) is 55.7 cm³/mol. The third kappa shape index (κ3) is 2.76. The lowest BCUT2D eigenvalue weighted by Gasteiger charge is -2.17. The molecule has 0 aliphatic rings. The molecule has 0 aromatic carbocycles. The average Bonchev–Trinajstić information content (AvgIpc) is 2.53. The summed E-state index contributed by atoms with van der Waals surface area (Å²) < 4.78 is 5.38. The summed E-state index contributed by atoms with van der Waals surface area (Å²) in [6.07, 6.45) is 6.14. The smallest absolute Gasteiger partial charge is 0.113 e. The predicted octanol–water partition coefficient (Wildman–Crippen LogP) is 3.77. The zero-order valence-corrected chi connectivity index (χ0v) is 8.87. The second-order valence-corrected chi connectivity index (χ2v) is 4.30. The van der Waals surface area contributed by atoms with E-state index in [1.165, 1.54) is 0 Å². The van der Waals surface area contributed by atoms with Crippen molar-refractivity contribution in [1.29, 1.82) is 0 Å². The average molecular weight is 178 g/mol. The van der Waals surface area contributed by atoms with Crippen LogP contribution in [-0.2, 0) is 5.41 Å². The summed E-state index contributed by atoms with van der Waals surface area (Å²) >= 11 is 0. The Labute approximate surface area is 80.5 Å². The Hall–Kier alpha value is -0.980. The van der Waals surface area contributed by atoms with Gasteiger partial charge >= 0.3 is 0 Å². The number of rotatable bonds is 3. The van der Waals surface area contributed by atoms with Crippen molar-refractivity contribution in [1.82, 2.24) is 0 Å². The van der Waals surface area contributed by atoms with Crippen LogP contribution in [0.1, 0.15) is 33.5 Å². The first-order valence-electron chi connectivity index (χ1n) is 4.76. The van der Waals surface area contributed by atoms with Gasteiger partial charge in [-0.25, -0.2) is 0 Å². The van der Waals surface area contributed by atoms with Crippen molar-refractivity contribution < 1.29 is 4.42 Å². The van der Waals surface area contributed by atoms with E-state index in [1.807, 2.05) is 12.1 Å². The Bertz CT molecular complexity index is 265. The molecule has 1 aromatic rings. The molecule has 1 rings (SSSR count). The molecule has 72 valence electrons. The van der Waals surface area contributed by atoms with Crippen LogP contribution in [0.3, 0.4) is 0 Å². The topological polar surface area (TPSA) is 13.1 Å². The first-order valence-corrected chi connectivity index (χ1v) is 4.76. The molecule has 13 heavy (non-hydrogen) atoms. The lowest BCUT2D eigenvalue weighted by Crippen LogP contribution is -2.12. The Kier molecular flexibility index (Phi) is 2.97. The molecule has 0 saturated heterocycles. The van der Waals surface area contributed by atoms with E-state index in [0.29, 0.717) is 5.92 Å². The molecule has 0 radical (unpaired) electrons. The lowest BCUT2D eigenvalue weighted by atomic mass is 9.89. The van der Waals surface area contributed by atoms with Crippen molar-refractivity contribution >= 4 is 0 Å². The monoisotopic (exact) mass is 178 g/mol. The number of furan rings is 1. The summed E-state index contributed by atoms with van der Waals surface area (Å²) in [5.74, 6) is 1.61. The molecular formula is C12H18O. The zero-order chi connectivity index (χ0) is 9.90. The van der Waals surface area contributed by atoms with Crippen LogP contribution in [0, 0.1) is 5.92 Å². The van der Waals surface area contributed by atoms with Gasteiger partial charge in [-0.2, -0.15) is 0 Å². The Balaban J connectivity index is 2.78. The van der Waals surface area contributed by atoms with Crippen LogP contribution < -0.4 is 0 Å². The van der Waals surface area contributed by atoms with Crippen molar-refractivity contribution in [3.05, 3.63) is 36.3 Å². The first-order chi connectivity index (χ1) is 6.02. The second kappa shape index (κ2) is 3.82. The second-order valence-electron chi connectivity index (χ2n) is 4.30. The minimum atomic E-state index is 0.00771. The highest BCUT2D eigenvalue weighted by molar-refractivity contribution is 5.19. The van der Waals surface area contributed by atoms with Crippen molar-refractivity contribution in [3.8, 4) is 0 Å². The number of hydrogen-bond donors (Lipinski definition) is 0. The fourth-order valence-electron chi connectivity index (χ4n) is 1.16. The normalized spacial score (nSPS) is 13.0. The highest BCUT2D eigenvalue weighted by Gasteiger charge is 2.19. The van der Waals surface area contributed by atoms with Gasteiger partial charge in [-0.3, -0.25) is 0 Å². The van der Waals surface area contributed by atoms with Gasteiger partial charge in [0.05, 0.1) is 6.26 Å². The lowest BCUT2D eigenvalue weighted by molar-refractivity contribution is 0.437. The van der Waals surface area contributed by atoms with Crippen LogP contribution in [0.25, 0.3) is 0 Å². The van der Waals surface area contributed by atoms with Crippen molar-refractivity contribution in [2.45, 2.75) is 33.1 Å². The molecule has 0 spiro atoms. The van der Waals surface area contributed by atoms with Crippen molar-refractivity contribution in [2.24, 2.45) is 5.92 Å². The highest BCUT2D eigenvalue weighted by atomic mass is 16.3. The first kappa shape index (κ1) is 10.1. The summed E-state index contributed by atoms with van der Waals surface area (Å²) in [5, 5.41) is 0. The molecule has 0 N–H and O–H groups in total. The maximum absolute atomic E-state index is 5.38. The molecular weight excluding hydrogens is 160 g/mol. The maximum Gasteiger partial charge on any atom is 0.113 e. The SMILES string of the molecule is CC(C)C=CC(C)(C)c1ccco1. The van der Waals surface area contributed by atoms with Gasteiger partial charge in [0.1, 0.15) is 5.76 Å². The highest BCUT2D eigenvalue weighted by Crippen LogP contribution is 2.25. The molecule has 0 bridgehead atoms. The molecule has 1 heteroatoms. The van der Waals surface area contributed by atoms with Gasteiger partial charge in [0.15, 0.2) is 0 Å². The Morgan fingerprint density at radius 2 is 2.08 bits per heavy atom. The quantitative estimate of drug-likeness (QED) is 0.642. The van der Waals surface area contributed by atoms with Crippen LogP contribution >= 0.6 is 0 Å². The minimum Gasteiger partial charge on any atom is -0.468 e. The van der Waals surface area contributed by atoms with Crippen molar-refractivity contribution in [2.75, 3.05) is 0 Å². The molecule has 1 nitrogen and oxygen atoms in total. The van der Waals surface area contributed by atoms with Crippen LogP contribution in [0.2, 0.25) is 0 Å². The molecule has 0 amide bonds. The van der Waals surface area contributed by atoms with Crippen LogP contribution in [0.5, 0.6) is 0 Å². The molecule has 0 unspecified atom stereocenters. The van der Waals surface area contributed by atoms with Crippen LogP contribution in [0.15, 0.2) is 35.0 Å². The van der Waals surface area contributed by atoms with Gasteiger partial charge in [0.25, 0.3) is 0 Å². The van der Waals surface area contributed by atoms with E-state index in [1.54, 1.807) is 6.26 Å². The molecule has 1 heterocycles. The van der Waals surface area contributed by atoms with E-state index >= 15 is 0 Å². The molecule has 0 aliphatic carbocycles. The van der Waals surface area contributed by atoms with Gasteiger partial charge in [-0.15, -0.1) is 0 Å². The van der Waals surface area contributed by atoms with Crippen molar-refractivity contribution in [3.63, 3.8) is 0 Å². The van der Waals surface area contributed by atoms with E-state index in [9.17, 15) is 0 Å². The van der Waals surface area contributed by atoms with Gasteiger partial charge in [0, 0.05) is 5.41 Å². The minimum absolute atomic E-state index is 0.00771. The molecule has 0 saturated carbocycles. The fraction of sp³-hybridized carbons (Fsp3) is 0.500. The van der Waals surface area contributed by atoms with Gasteiger partial charge in [-0.05, 0) is 31.9 Å². The summed E-state index contributed by atoms with van der Waals surface area (Å²) in [6, 6.07) is 3.95. The van der Waals surface area contributed by atoms with E-state index < -0.39 is 0 Å². The van der Waals surface area contributed by atoms with E-state index in [2.05, 4.69) is 39.8 Å². The molecule has 0 fully saturated rings. The van der Waals surface area contributed by atoms with E-state index in [4.69, 9.17) is 4.42 Å². The van der Waals surface area contributed by atoms with Gasteiger partial charge < -0.3 is 4.42 Å². The standard InChI is InChI=1S/C12H18O/c1-10(2)7-8-12(3,4)11-6-5-9-13-11/h5-10H,1-4H3. The van der Waals surface area contributed by atoms with Gasteiger partial charge in [0.2, 0.25) is 0 Å². The third-order valence-electron chi connectivity index (χ3n) is 2.05. The largest absolute Gasteiger partial charge is 0.468 e. The summed E-state index contributed by atoms with van der Waals surface area (Å²) in [5.41, 5.74) is 0.00771. The third-order valence-corrected chi connectivity index (χ3v) is 2.05. The molecule has 1 aromatic heterocycles. The number of hydrogen-bond acceptors (Lipinski definition) is 1. The number of allylic oxidation sites excluding steroid dienone is 2. The van der Waals surface area contributed by atoms with Crippen LogP contribution in [0.4, 0.5) is 0 Å². The summed E-state index contributed by atoms with van der Waals surface area (Å²) in [7, 11) is 0. The molecule has 0 aliphatic heterocycles. The molecule has 0 atom stereocenters.